The number of fused-ring (bicyclic) bond motifs is 2. The Kier molecular flexibility index (Phi) is 7.33. The van der Waals surface area contributed by atoms with Crippen LogP contribution >= 0.6 is 27.7 Å². The highest BCUT2D eigenvalue weighted by molar-refractivity contribution is 9.10. The van der Waals surface area contributed by atoms with Crippen LogP contribution in [-0.2, 0) is 11.3 Å². The third-order valence-electron chi connectivity index (χ3n) is 6.51. The number of carbonyl (C=O) groups is 1. The van der Waals surface area contributed by atoms with Crippen LogP contribution in [0.5, 0.6) is 11.5 Å². The summed E-state index contributed by atoms with van der Waals surface area (Å²) >= 11 is 5.09. The summed E-state index contributed by atoms with van der Waals surface area (Å²) in [6, 6.07) is 3.86. The van der Waals surface area contributed by atoms with Gasteiger partial charge in [-0.25, -0.2) is 9.97 Å². The van der Waals surface area contributed by atoms with E-state index in [-0.39, 0.29) is 11.4 Å². The molecule has 9 nitrogen and oxygen atoms in total. The number of rotatable bonds is 7. The molecule has 3 aromatic rings. The van der Waals surface area contributed by atoms with E-state index >= 15 is 0 Å². The van der Waals surface area contributed by atoms with Gasteiger partial charge in [-0.1, -0.05) is 18.7 Å². The van der Waals surface area contributed by atoms with Gasteiger partial charge in [0.2, 0.25) is 5.91 Å². The highest BCUT2D eigenvalue weighted by atomic mass is 79.9. The average molecular weight is 562 g/mol. The Morgan fingerprint density at radius 3 is 2.74 bits per heavy atom. The molecule has 1 amide bonds. The number of imidazole rings is 1. The van der Waals surface area contributed by atoms with E-state index in [0.29, 0.717) is 36.2 Å². The number of hydrogen-bond acceptors (Lipinski definition) is 7. The fraction of sp³-hybridized carbons (Fsp3) is 0.500. The molecule has 35 heavy (non-hydrogen) atoms. The third kappa shape index (κ3) is 5.35. The molecule has 0 atom stereocenters. The van der Waals surface area contributed by atoms with Gasteiger partial charge in [0.05, 0.1) is 6.33 Å². The number of aromatic nitrogens is 4. The van der Waals surface area contributed by atoms with Crippen LogP contribution in [0.25, 0.3) is 11.2 Å². The fourth-order valence-electron chi connectivity index (χ4n) is 4.57. The molecule has 2 aliphatic rings. The largest absolute Gasteiger partial charge is 0.486 e. The zero-order chi connectivity index (χ0) is 24.4. The zero-order valence-electron chi connectivity index (χ0n) is 19.7. The molecule has 186 valence electrons. The number of amides is 1. The number of piperidine rings is 1. The second-order valence-corrected chi connectivity index (χ2v) is 10.8. The summed E-state index contributed by atoms with van der Waals surface area (Å²) in [5.74, 6) is 2.30. The number of halogens is 1. The van der Waals surface area contributed by atoms with E-state index in [0.717, 1.165) is 71.8 Å². The first-order valence-corrected chi connectivity index (χ1v) is 13.7. The van der Waals surface area contributed by atoms with Crippen LogP contribution in [0, 0.1) is 11.3 Å². The van der Waals surface area contributed by atoms with Gasteiger partial charge in [0.1, 0.15) is 18.7 Å². The van der Waals surface area contributed by atoms with Gasteiger partial charge in [-0.2, -0.15) is 0 Å². The number of nitrogens with one attached hydrogen (secondary N) is 2. The predicted octanol–water partition coefficient (Wildman–Crippen LogP) is 4.35. The number of ether oxygens (including phenoxy) is 2. The Morgan fingerprint density at radius 1 is 1.26 bits per heavy atom. The van der Waals surface area contributed by atoms with E-state index in [2.05, 4.69) is 25.9 Å². The molecule has 2 aromatic heterocycles. The molecule has 0 saturated carbocycles. The molecule has 1 saturated heterocycles. The van der Waals surface area contributed by atoms with Gasteiger partial charge in [0.15, 0.2) is 27.8 Å². The molecule has 11 heteroatoms. The van der Waals surface area contributed by atoms with Crippen molar-refractivity contribution in [3.8, 4) is 11.5 Å². The second kappa shape index (κ2) is 10.6. The first-order chi connectivity index (χ1) is 17.0. The van der Waals surface area contributed by atoms with Gasteiger partial charge in [0, 0.05) is 35.4 Å². The van der Waals surface area contributed by atoms with Crippen LogP contribution in [0.4, 0.5) is 0 Å². The Balaban J connectivity index is 1.28. The second-order valence-electron chi connectivity index (χ2n) is 8.92. The van der Waals surface area contributed by atoms with E-state index < -0.39 is 0 Å². The van der Waals surface area contributed by atoms with Crippen LogP contribution in [0.3, 0.4) is 0 Å². The van der Waals surface area contributed by atoms with Crippen molar-refractivity contribution >= 4 is 44.8 Å². The Bertz CT molecular complexity index is 1280. The van der Waals surface area contributed by atoms with Crippen LogP contribution in [0.2, 0.25) is 0 Å². The topological polar surface area (TPSA) is 109 Å². The molecule has 0 unspecified atom stereocenters. The van der Waals surface area contributed by atoms with Crippen LogP contribution in [0.1, 0.15) is 39.0 Å². The fourth-order valence-corrected chi connectivity index (χ4v) is 5.95. The Morgan fingerprint density at radius 2 is 2.00 bits per heavy atom. The minimum absolute atomic E-state index is 0.180. The lowest BCUT2D eigenvalue weighted by Gasteiger charge is -2.32. The van der Waals surface area contributed by atoms with Gasteiger partial charge < -0.3 is 23.9 Å². The van der Waals surface area contributed by atoms with Crippen molar-refractivity contribution in [2.24, 2.45) is 5.92 Å². The molecule has 2 N–H and O–H groups in total. The van der Waals surface area contributed by atoms with Crippen molar-refractivity contribution < 1.29 is 14.3 Å². The number of carbonyl (C=O) groups excluding carboxylic acids is 1. The summed E-state index contributed by atoms with van der Waals surface area (Å²) in [5, 5.41) is 8.95. The summed E-state index contributed by atoms with van der Waals surface area (Å²) in [6.45, 7) is 5.60. The highest BCUT2D eigenvalue weighted by Crippen LogP contribution is 2.41. The molecule has 1 fully saturated rings. The summed E-state index contributed by atoms with van der Waals surface area (Å²) in [5.41, 5.74) is 1.54. The van der Waals surface area contributed by atoms with Crippen molar-refractivity contribution in [2.45, 2.75) is 55.6 Å². The van der Waals surface area contributed by atoms with E-state index in [1.165, 1.54) is 11.8 Å². The number of benzene rings is 1. The third-order valence-corrected chi connectivity index (χ3v) is 8.37. The average Bonchev–Trinajstić information content (AvgIpc) is 3.29. The molecule has 0 aliphatic carbocycles. The van der Waals surface area contributed by atoms with E-state index in [1.807, 2.05) is 28.5 Å². The SMILES string of the molecule is CCCC(=O)N1CCC(CCn2cnc(=N)c3[nH]c(Sc4cc5c(cc4Br)OCCO5)nc32)CC1. The van der Waals surface area contributed by atoms with Gasteiger partial charge in [0.25, 0.3) is 0 Å². The molecule has 5 rings (SSSR count). The maximum atomic E-state index is 12.2. The van der Waals surface area contributed by atoms with Crippen molar-refractivity contribution in [3.63, 3.8) is 0 Å². The van der Waals surface area contributed by atoms with Crippen molar-refractivity contribution in [1.29, 1.82) is 5.41 Å². The molecular formula is C24H29BrN6O3S. The Labute approximate surface area is 216 Å². The van der Waals surface area contributed by atoms with Gasteiger partial charge in [-0.15, -0.1) is 0 Å². The predicted molar refractivity (Wildman–Crippen MR) is 136 cm³/mol. The standard InChI is InChI=1S/C24H29BrN6O3S/c1-2-3-20(32)30-7-4-15(5-8-30)6-9-31-14-27-22(26)21-23(31)29-24(28-21)35-19-13-18-17(12-16(19)25)33-10-11-34-18/h12-15,26H,2-11H2,1H3,(H,28,29). The Hall–Kier alpha value is -2.53. The van der Waals surface area contributed by atoms with Gasteiger partial charge in [-0.3, -0.25) is 10.2 Å². The number of aromatic amines is 1. The summed E-state index contributed by atoms with van der Waals surface area (Å²) in [6.07, 6.45) is 6.31. The van der Waals surface area contributed by atoms with E-state index in [4.69, 9.17) is 19.9 Å². The summed E-state index contributed by atoms with van der Waals surface area (Å²) < 4.78 is 14.3. The van der Waals surface area contributed by atoms with E-state index in [9.17, 15) is 4.79 Å². The maximum Gasteiger partial charge on any atom is 0.222 e. The molecular weight excluding hydrogens is 532 g/mol. The van der Waals surface area contributed by atoms with Crippen LogP contribution < -0.4 is 15.0 Å². The molecule has 0 radical (unpaired) electrons. The van der Waals surface area contributed by atoms with Crippen molar-refractivity contribution in [1.82, 2.24) is 24.4 Å². The lowest BCUT2D eigenvalue weighted by molar-refractivity contribution is -0.132. The first kappa shape index (κ1) is 24.2. The van der Waals surface area contributed by atoms with Crippen LogP contribution in [-0.4, -0.2) is 56.6 Å². The van der Waals surface area contributed by atoms with Crippen LogP contribution in [0.15, 0.2) is 33.0 Å². The molecule has 4 heterocycles. The monoisotopic (exact) mass is 560 g/mol. The quantitative estimate of drug-likeness (QED) is 0.444. The summed E-state index contributed by atoms with van der Waals surface area (Å²) in [7, 11) is 0. The number of aryl methyl sites for hydroxylation is 1. The lowest BCUT2D eigenvalue weighted by Crippen LogP contribution is -2.38. The normalized spacial score (nSPS) is 16.1. The molecule has 0 bridgehead atoms. The first-order valence-electron chi connectivity index (χ1n) is 12.1. The molecule has 1 aromatic carbocycles. The van der Waals surface area contributed by atoms with Crippen molar-refractivity contribution in [2.75, 3.05) is 26.3 Å². The minimum Gasteiger partial charge on any atom is -0.486 e. The summed E-state index contributed by atoms with van der Waals surface area (Å²) in [4.78, 5) is 27.5. The smallest absolute Gasteiger partial charge is 0.222 e. The van der Waals surface area contributed by atoms with E-state index in [1.54, 1.807) is 6.33 Å². The molecule has 0 spiro atoms. The number of H-pyrrole nitrogens is 1. The van der Waals surface area contributed by atoms with Crippen molar-refractivity contribution in [3.05, 3.63) is 28.4 Å². The minimum atomic E-state index is 0.180. The number of nitrogens with zero attached hydrogens (tertiary/aromatic N) is 4. The van der Waals surface area contributed by atoms with Gasteiger partial charge in [-0.05, 0) is 59.7 Å². The maximum absolute atomic E-state index is 12.2. The molecule has 2 aliphatic heterocycles. The highest BCUT2D eigenvalue weighted by Gasteiger charge is 2.23. The number of likely N-dealkylation sites (tertiary alicyclic amines) is 1. The number of hydrogen-bond donors (Lipinski definition) is 2. The lowest BCUT2D eigenvalue weighted by atomic mass is 9.93. The zero-order valence-corrected chi connectivity index (χ0v) is 22.1. The van der Waals surface area contributed by atoms with Gasteiger partial charge >= 0.3 is 0 Å².